The first-order valence-corrected chi connectivity index (χ1v) is 10.7. The molecule has 1 aliphatic heterocycles. The van der Waals surface area contributed by atoms with Gasteiger partial charge in [-0.25, -0.2) is 4.79 Å². The summed E-state index contributed by atoms with van der Waals surface area (Å²) in [4.78, 5) is 25.0. The molecule has 0 radical (unpaired) electrons. The lowest BCUT2D eigenvalue weighted by molar-refractivity contribution is -0.110. The van der Waals surface area contributed by atoms with Gasteiger partial charge < -0.3 is 26.4 Å². The predicted octanol–water partition coefficient (Wildman–Crippen LogP) is 3.45. The molecule has 0 saturated carbocycles. The van der Waals surface area contributed by atoms with Crippen LogP contribution in [0.1, 0.15) is 27.0 Å². The Morgan fingerprint density at radius 1 is 1.00 bits per heavy atom. The van der Waals surface area contributed by atoms with E-state index in [-0.39, 0.29) is 5.91 Å². The molecule has 7 heteroatoms. The molecular weight excluding hydrogens is 416 g/mol. The number of carbonyl (C=O) groups excluding carboxylic acids is 2. The Labute approximate surface area is 192 Å². The lowest BCUT2D eigenvalue weighted by Crippen LogP contribution is -2.21. The Hall–Kier alpha value is -3.94. The zero-order valence-electron chi connectivity index (χ0n) is 18.4. The number of amides is 1. The molecule has 0 aliphatic carbocycles. The van der Waals surface area contributed by atoms with Crippen molar-refractivity contribution in [1.29, 1.82) is 0 Å². The number of nitrogens with two attached hydrogens (primary N) is 1. The van der Waals surface area contributed by atoms with E-state index in [1.54, 1.807) is 18.2 Å². The van der Waals surface area contributed by atoms with Crippen molar-refractivity contribution < 1.29 is 14.3 Å². The largest absolute Gasteiger partial charge is 0.465 e. The van der Waals surface area contributed by atoms with Crippen molar-refractivity contribution in [3.63, 3.8) is 0 Å². The number of carbonyl (C=O) groups is 2. The Balaban J connectivity index is 1.72. The van der Waals surface area contributed by atoms with Crippen LogP contribution in [0.2, 0.25) is 0 Å². The van der Waals surface area contributed by atoms with Crippen molar-refractivity contribution in [2.24, 2.45) is 5.73 Å². The predicted molar refractivity (Wildman–Crippen MR) is 130 cm³/mol. The highest BCUT2D eigenvalue weighted by Crippen LogP contribution is 2.38. The van der Waals surface area contributed by atoms with E-state index < -0.39 is 5.97 Å². The lowest BCUT2D eigenvalue weighted by atomic mass is 9.99. The van der Waals surface area contributed by atoms with Crippen molar-refractivity contribution in [3.05, 3.63) is 95.1 Å². The molecule has 33 heavy (non-hydrogen) atoms. The van der Waals surface area contributed by atoms with Gasteiger partial charge in [-0.05, 0) is 35.4 Å². The first-order valence-electron chi connectivity index (χ1n) is 10.7. The number of rotatable bonds is 8. The minimum atomic E-state index is -0.452. The van der Waals surface area contributed by atoms with Crippen LogP contribution >= 0.6 is 0 Å². The molecule has 4 rings (SSSR count). The molecule has 1 aliphatic rings. The smallest absolute Gasteiger partial charge is 0.337 e. The Morgan fingerprint density at radius 3 is 2.45 bits per heavy atom. The number of anilines is 2. The van der Waals surface area contributed by atoms with Crippen LogP contribution in [-0.4, -0.2) is 32.1 Å². The summed E-state index contributed by atoms with van der Waals surface area (Å²) in [6.07, 6.45) is 0. The number of methoxy groups -OCH3 is 1. The summed E-state index contributed by atoms with van der Waals surface area (Å²) in [5.41, 5.74) is 11.3. The molecule has 0 bridgehead atoms. The quantitative estimate of drug-likeness (QED) is 0.242. The van der Waals surface area contributed by atoms with Crippen molar-refractivity contribution in [3.8, 4) is 0 Å². The van der Waals surface area contributed by atoms with Crippen LogP contribution < -0.4 is 21.7 Å². The molecule has 0 spiro atoms. The molecule has 0 fully saturated rings. The van der Waals surface area contributed by atoms with E-state index in [9.17, 15) is 9.59 Å². The van der Waals surface area contributed by atoms with Gasteiger partial charge >= 0.3 is 5.97 Å². The maximum Gasteiger partial charge on any atom is 0.337 e. The highest BCUT2D eigenvalue weighted by Gasteiger charge is 2.29. The second kappa shape index (κ2) is 10.1. The molecule has 3 aromatic rings. The van der Waals surface area contributed by atoms with E-state index in [2.05, 4.69) is 16.0 Å². The van der Waals surface area contributed by atoms with Crippen LogP contribution in [0.3, 0.4) is 0 Å². The van der Waals surface area contributed by atoms with Crippen LogP contribution in [0.25, 0.3) is 11.3 Å². The van der Waals surface area contributed by atoms with Gasteiger partial charge in [0.1, 0.15) is 0 Å². The topological polar surface area (TPSA) is 105 Å². The van der Waals surface area contributed by atoms with Crippen LogP contribution in [-0.2, 0) is 16.1 Å². The Kier molecular flexibility index (Phi) is 6.83. The molecule has 5 N–H and O–H groups in total. The number of nitrogens with one attached hydrogen (secondary N) is 3. The molecule has 1 heterocycles. The van der Waals surface area contributed by atoms with Gasteiger partial charge in [0.25, 0.3) is 5.91 Å². The fraction of sp³-hybridized carbons (Fsp3) is 0.154. The third kappa shape index (κ3) is 4.95. The zero-order chi connectivity index (χ0) is 23.2. The number of hydrogen-bond donors (Lipinski definition) is 4. The molecule has 0 saturated heterocycles. The fourth-order valence-corrected chi connectivity index (χ4v) is 3.73. The van der Waals surface area contributed by atoms with Crippen LogP contribution in [0.4, 0.5) is 11.4 Å². The zero-order valence-corrected chi connectivity index (χ0v) is 18.4. The molecule has 1 amide bonds. The lowest BCUT2D eigenvalue weighted by Gasteiger charge is -2.15. The van der Waals surface area contributed by atoms with Crippen molar-refractivity contribution in [1.82, 2.24) is 5.32 Å². The van der Waals surface area contributed by atoms with Crippen molar-refractivity contribution in [2.45, 2.75) is 6.54 Å². The number of fused-ring (bicyclic) bond motifs is 1. The van der Waals surface area contributed by atoms with Gasteiger partial charge in [0, 0.05) is 30.9 Å². The molecule has 0 aromatic heterocycles. The standard InChI is InChI=1S/C26H26N4O3/c1-33-26(32)19-9-12-21-22(15-19)30-25(31)23(21)24(18-5-3-2-4-6-18)29-20-10-7-17(8-11-20)16-28-14-13-27/h2-12,15,28-29H,13-14,16,27H2,1H3,(H,30,31)/b24-23-. The van der Waals surface area contributed by atoms with E-state index in [1.807, 2.05) is 54.6 Å². The summed E-state index contributed by atoms with van der Waals surface area (Å²) in [5.74, 6) is -0.687. The Morgan fingerprint density at radius 2 is 1.76 bits per heavy atom. The first kappa shape index (κ1) is 22.3. The highest BCUT2D eigenvalue weighted by atomic mass is 16.5. The summed E-state index contributed by atoms with van der Waals surface area (Å²) < 4.78 is 4.80. The second-order valence-corrected chi connectivity index (χ2v) is 7.61. The summed E-state index contributed by atoms with van der Waals surface area (Å²) in [5, 5.41) is 9.59. The van der Waals surface area contributed by atoms with Gasteiger partial charge in [0.2, 0.25) is 0 Å². The highest BCUT2D eigenvalue weighted by molar-refractivity contribution is 6.37. The minimum absolute atomic E-state index is 0.235. The van der Waals surface area contributed by atoms with Gasteiger partial charge in [-0.15, -0.1) is 0 Å². The summed E-state index contributed by atoms with van der Waals surface area (Å²) in [6, 6.07) is 22.8. The average Bonchev–Trinajstić information content (AvgIpc) is 3.18. The van der Waals surface area contributed by atoms with E-state index in [4.69, 9.17) is 10.5 Å². The third-order valence-electron chi connectivity index (χ3n) is 5.37. The van der Waals surface area contributed by atoms with Crippen LogP contribution in [0, 0.1) is 0 Å². The van der Waals surface area contributed by atoms with Gasteiger partial charge in [0.05, 0.1) is 29.6 Å². The third-order valence-corrected chi connectivity index (χ3v) is 5.37. The van der Waals surface area contributed by atoms with Crippen LogP contribution in [0.15, 0.2) is 72.8 Å². The van der Waals surface area contributed by atoms with E-state index in [1.165, 1.54) is 7.11 Å². The summed E-state index contributed by atoms with van der Waals surface area (Å²) in [7, 11) is 1.33. The molecule has 168 valence electrons. The normalized spacial score (nSPS) is 13.8. The molecule has 7 nitrogen and oxygen atoms in total. The summed E-state index contributed by atoms with van der Waals surface area (Å²) >= 11 is 0. The van der Waals surface area contributed by atoms with Gasteiger partial charge in [0.15, 0.2) is 0 Å². The first-order chi connectivity index (χ1) is 16.1. The van der Waals surface area contributed by atoms with Gasteiger partial charge in [-0.1, -0.05) is 48.5 Å². The maximum atomic E-state index is 13.0. The van der Waals surface area contributed by atoms with E-state index in [0.29, 0.717) is 29.1 Å². The maximum absolute atomic E-state index is 13.0. The SMILES string of the molecule is COC(=O)c1ccc2c(c1)NC(=O)/C2=C(\Nc1ccc(CNCCN)cc1)c1ccccc1. The number of ether oxygens (including phenoxy) is 1. The van der Waals surface area contributed by atoms with Gasteiger partial charge in [-0.2, -0.15) is 0 Å². The molecule has 0 unspecified atom stereocenters. The molecule has 0 atom stereocenters. The number of hydrogen-bond acceptors (Lipinski definition) is 6. The second-order valence-electron chi connectivity index (χ2n) is 7.61. The van der Waals surface area contributed by atoms with E-state index >= 15 is 0 Å². The molecule has 3 aromatic carbocycles. The van der Waals surface area contributed by atoms with Crippen molar-refractivity contribution in [2.75, 3.05) is 30.8 Å². The van der Waals surface area contributed by atoms with Crippen LogP contribution in [0.5, 0.6) is 0 Å². The average molecular weight is 443 g/mol. The number of benzene rings is 3. The summed E-state index contributed by atoms with van der Waals surface area (Å²) in [6.45, 7) is 2.09. The van der Waals surface area contributed by atoms with Crippen molar-refractivity contribution >= 4 is 34.5 Å². The fourth-order valence-electron chi connectivity index (χ4n) is 3.73. The minimum Gasteiger partial charge on any atom is -0.465 e. The monoisotopic (exact) mass is 442 g/mol. The molecular formula is C26H26N4O3. The van der Waals surface area contributed by atoms with Gasteiger partial charge in [-0.3, -0.25) is 4.79 Å². The van der Waals surface area contributed by atoms with E-state index in [0.717, 1.165) is 35.5 Å². The number of esters is 1. The Bertz CT molecular complexity index is 1190.